The van der Waals surface area contributed by atoms with Crippen molar-refractivity contribution in [3.63, 3.8) is 0 Å². The highest BCUT2D eigenvalue weighted by Gasteiger charge is 2.35. The average Bonchev–Trinajstić information content (AvgIpc) is 3.48. The number of carbonyl (C=O) groups is 2. The van der Waals surface area contributed by atoms with Crippen molar-refractivity contribution >= 4 is 44.7 Å². The lowest BCUT2D eigenvalue weighted by Gasteiger charge is -2.38. The van der Waals surface area contributed by atoms with E-state index >= 15 is 0 Å². The third kappa shape index (κ3) is 6.61. The number of rotatable bonds is 8. The number of urea groups is 1. The van der Waals surface area contributed by atoms with Gasteiger partial charge in [0, 0.05) is 30.9 Å². The lowest BCUT2D eigenvalue weighted by Crippen LogP contribution is -2.50. The minimum atomic E-state index is -3.73. The molecule has 2 aromatic carbocycles. The third-order valence-electron chi connectivity index (χ3n) is 6.62. The maximum Gasteiger partial charge on any atom is 0.323 e. The van der Waals surface area contributed by atoms with E-state index in [0.29, 0.717) is 11.4 Å². The monoisotopic (exact) mass is 590 g/mol. The summed E-state index contributed by atoms with van der Waals surface area (Å²) in [5, 5.41) is 16.8. The van der Waals surface area contributed by atoms with Crippen molar-refractivity contribution in [3.8, 4) is 5.75 Å². The lowest BCUT2D eigenvalue weighted by atomic mass is 9.99. The van der Waals surface area contributed by atoms with Crippen molar-refractivity contribution in [2.75, 3.05) is 37.4 Å². The Bertz CT molecular complexity index is 1450. The predicted molar refractivity (Wildman–Crippen MR) is 151 cm³/mol. The number of thiophene rings is 1. The number of anilines is 2. The maximum absolute atomic E-state index is 13.6. The molecule has 3 amide bonds. The van der Waals surface area contributed by atoms with Gasteiger partial charge in [0.2, 0.25) is 0 Å². The second-order valence-electron chi connectivity index (χ2n) is 9.64. The molecule has 0 spiro atoms. The average molecular weight is 591 g/mol. The molecule has 0 fully saturated rings. The van der Waals surface area contributed by atoms with Crippen LogP contribution in [0, 0.1) is 11.7 Å². The summed E-state index contributed by atoms with van der Waals surface area (Å²) in [5.41, 5.74) is 0.834. The Hall–Kier alpha value is -3.52. The van der Waals surface area contributed by atoms with Gasteiger partial charge in [-0.15, -0.1) is 11.3 Å². The highest BCUT2D eigenvalue weighted by molar-refractivity contribution is 7.91. The van der Waals surface area contributed by atoms with Gasteiger partial charge >= 0.3 is 6.03 Å². The second-order valence-corrected chi connectivity index (χ2v) is 12.9. The molecule has 0 saturated carbocycles. The van der Waals surface area contributed by atoms with Crippen molar-refractivity contribution in [1.29, 1.82) is 0 Å². The van der Waals surface area contributed by atoms with Crippen LogP contribution in [0.5, 0.6) is 5.75 Å². The van der Waals surface area contributed by atoms with E-state index in [2.05, 4.69) is 10.6 Å². The molecule has 40 heavy (non-hydrogen) atoms. The van der Waals surface area contributed by atoms with E-state index < -0.39 is 39.9 Å². The molecule has 10 nitrogen and oxygen atoms in total. The zero-order valence-electron chi connectivity index (χ0n) is 22.2. The first kappa shape index (κ1) is 29.5. The molecule has 0 saturated heterocycles. The van der Waals surface area contributed by atoms with Gasteiger partial charge < -0.3 is 25.4 Å². The highest BCUT2D eigenvalue weighted by atomic mass is 32.2. The van der Waals surface area contributed by atoms with Gasteiger partial charge in [-0.1, -0.05) is 13.0 Å². The number of hydrogen-bond acceptors (Lipinski definition) is 7. The van der Waals surface area contributed by atoms with Crippen molar-refractivity contribution in [2.24, 2.45) is 5.92 Å². The number of aliphatic hydroxyl groups excluding tert-OH is 1. The number of nitrogens with one attached hydrogen (secondary N) is 2. The molecule has 1 aromatic heterocycles. The number of aliphatic hydroxyl groups is 1. The normalized spacial score (nSPS) is 18.4. The number of nitrogens with zero attached hydrogens (tertiary/aromatic N) is 2. The Kier molecular flexibility index (Phi) is 9.08. The summed E-state index contributed by atoms with van der Waals surface area (Å²) >= 11 is 1.12. The molecule has 214 valence electrons. The molecule has 0 bridgehead atoms. The summed E-state index contributed by atoms with van der Waals surface area (Å²) in [7, 11) is -2.25. The van der Waals surface area contributed by atoms with Crippen LogP contribution in [0.25, 0.3) is 0 Å². The Morgan fingerprint density at radius 3 is 2.52 bits per heavy atom. The van der Waals surface area contributed by atoms with E-state index in [-0.39, 0.29) is 41.1 Å². The summed E-state index contributed by atoms with van der Waals surface area (Å²) in [5.74, 6) is -0.894. The summed E-state index contributed by atoms with van der Waals surface area (Å²) in [6.07, 6.45) is -0.624. The number of sulfonamides is 1. The van der Waals surface area contributed by atoms with Gasteiger partial charge in [0.1, 0.15) is 21.9 Å². The summed E-state index contributed by atoms with van der Waals surface area (Å²) in [4.78, 5) is 27.7. The van der Waals surface area contributed by atoms with Gasteiger partial charge in [0.05, 0.1) is 24.8 Å². The molecule has 3 aromatic rings. The molecule has 1 aliphatic heterocycles. The molecule has 2 heterocycles. The zero-order chi connectivity index (χ0) is 29.0. The maximum atomic E-state index is 13.6. The smallest absolute Gasteiger partial charge is 0.323 e. The van der Waals surface area contributed by atoms with Crippen LogP contribution >= 0.6 is 11.3 Å². The van der Waals surface area contributed by atoms with E-state index in [9.17, 15) is 27.5 Å². The predicted octanol–water partition coefficient (Wildman–Crippen LogP) is 4.07. The van der Waals surface area contributed by atoms with Crippen molar-refractivity contribution in [3.05, 3.63) is 71.4 Å². The standard InChI is InChI=1S/C27H31FN4O6S2/c1-17-14-32(18(2)16-33)26(34)22-13-21(30-27(35)29-20-8-6-19(28)7-9-20)10-11-23(22)38-24(17)15-31(3)40(36,37)25-5-4-12-39-25/h4-13,17-18,24,33H,14-16H2,1-3H3,(H2,29,30,35)/t17-,18-,24+/m0/s1. The number of benzene rings is 2. The van der Waals surface area contributed by atoms with Gasteiger partial charge in [-0.05, 0) is 60.8 Å². The number of ether oxygens (including phenoxy) is 1. The van der Waals surface area contributed by atoms with Crippen LogP contribution in [0.4, 0.5) is 20.6 Å². The van der Waals surface area contributed by atoms with Gasteiger partial charge in [-0.3, -0.25) is 4.79 Å². The Morgan fingerprint density at radius 1 is 1.20 bits per heavy atom. The molecule has 1 aliphatic rings. The van der Waals surface area contributed by atoms with Crippen LogP contribution in [0.1, 0.15) is 24.2 Å². The molecular weight excluding hydrogens is 559 g/mol. The Labute approximate surface area is 236 Å². The van der Waals surface area contributed by atoms with Gasteiger partial charge in [-0.2, -0.15) is 4.31 Å². The van der Waals surface area contributed by atoms with Crippen LogP contribution in [0.15, 0.2) is 64.2 Å². The van der Waals surface area contributed by atoms with E-state index in [1.165, 1.54) is 52.7 Å². The number of hydrogen-bond donors (Lipinski definition) is 3. The number of carbonyl (C=O) groups excluding carboxylic acids is 2. The van der Waals surface area contributed by atoms with E-state index in [1.807, 2.05) is 6.92 Å². The molecule has 4 rings (SSSR count). The number of fused-ring (bicyclic) bond motifs is 1. The zero-order valence-corrected chi connectivity index (χ0v) is 23.8. The van der Waals surface area contributed by atoms with Crippen LogP contribution in [-0.2, 0) is 10.0 Å². The molecule has 0 aliphatic carbocycles. The molecule has 0 radical (unpaired) electrons. The fraction of sp³-hybridized carbons (Fsp3) is 0.333. The van der Waals surface area contributed by atoms with Crippen LogP contribution < -0.4 is 15.4 Å². The first-order valence-electron chi connectivity index (χ1n) is 12.6. The largest absolute Gasteiger partial charge is 0.488 e. The second kappa shape index (κ2) is 12.3. The Morgan fingerprint density at radius 2 is 1.88 bits per heavy atom. The van der Waals surface area contributed by atoms with Crippen LogP contribution in [0.3, 0.4) is 0 Å². The molecule has 3 N–H and O–H groups in total. The summed E-state index contributed by atoms with van der Waals surface area (Å²) in [6.45, 7) is 3.54. The highest BCUT2D eigenvalue weighted by Crippen LogP contribution is 2.31. The lowest BCUT2D eigenvalue weighted by molar-refractivity contribution is 0.0387. The first-order chi connectivity index (χ1) is 19.0. The van der Waals surface area contributed by atoms with Crippen molar-refractivity contribution < 1.29 is 32.2 Å². The quantitative estimate of drug-likeness (QED) is 0.363. The van der Waals surface area contributed by atoms with Crippen LogP contribution in [-0.4, -0.2) is 73.6 Å². The van der Waals surface area contributed by atoms with E-state index in [0.717, 1.165) is 11.3 Å². The van der Waals surface area contributed by atoms with Gasteiger partial charge in [0.25, 0.3) is 15.9 Å². The minimum absolute atomic E-state index is 0.0243. The number of amides is 3. The van der Waals surface area contributed by atoms with E-state index in [4.69, 9.17) is 4.74 Å². The molecule has 3 atom stereocenters. The fourth-order valence-electron chi connectivity index (χ4n) is 4.26. The first-order valence-corrected chi connectivity index (χ1v) is 14.9. The minimum Gasteiger partial charge on any atom is -0.488 e. The van der Waals surface area contributed by atoms with Crippen LogP contribution in [0.2, 0.25) is 0 Å². The van der Waals surface area contributed by atoms with Crippen molar-refractivity contribution in [1.82, 2.24) is 9.21 Å². The third-order valence-corrected chi connectivity index (χ3v) is 9.82. The Balaban J connectivity index is 1.60. The fourth-order valence-corrected chi connectivity index (χ4v) is 6.64. The number of likely N-dealkylation sites (N-methyl/N-ethyl adjacent to an activating group) is 1. The molecule has 0 unspecified atom stereocenters. The van der Waals surface area contributed by atoms with Gasteiger partial charge in [-0.25, -0.2) is 17.6 Å². The molecular formula is C27H31FN4O6S2. The topological polar surface area (TPSA) is 128 Å². The molecule has 13 heteroatoms. The summed E-state index contributed by atoms with van der Waals surface area (Å²) in [6, 6.07) is 11.9. The van der Waals surface area contributed by atoms with Crippen molar-refractivity contribution in [2.45, 2.75) is 30.2 Å². The summed E-state index contributed by atoms with van der Waals surface area (Å²) < 4.78 is 47.0. The van der Waals surface area contributed by atoms with E-state index in [1.54, 1.807) is 30.5 Å². The van der Waals surface area contributed by atoms with Gasteiger partial charge in [0.15, 0.2) is 0 Å². The number of halogens is 1. The SMILES string of the molecule is C[C@H]1CN([C@@H](C)CO)C(=O)c2cc(NC(=O)Nc3ccc(F)cc3)ccc2O[C@@H]1CN(C)S(=O)(=O)c1cccs1.